The Morgan fingerprint density at radius 1 is 1.70 bits per heavy atom. The van der Waals surface area contributed by atoms with Crippen LogP contribution in [-0.2, 0) is 0 Å². The Morgan fingerprint density at radius 3 is 2.70 bits per heavy atom. The van der Waals surface area contributed by atoms with Crippen LogP contribution in [0.3, 0.4) is 0 Å². The molecule has 0 saturated carbocycles. The molecule has 0 saturated heterocycles. The largest absolute Gasteiger partial charge is 0.287 e. The van der Waals surface area contributed by atoms with E-state index in [9.17, 15) is 8.78 Å². The molecule has 0 fully saturated rings. The monoisotopic (exact) mass is 211 g/mol. The number of hydrogen-bond acceptors (Lipinski definition) is 1. The van der Waals surface area contributed by atoms with Crippen molar-refractivity contribution < 1.29 is 8.78 Å². The zero-order valence-corrected chi connectivity index (χ0v) is 7.11. The number of halogens is 3. The number of nitrogens with zero attached hydrogens (tertiary/aromatic N) is 1. The molecule has 0 N–H and O–H groups in total. The summed E-state index contributed by atoms with van der Waals surface area (Å²) in [6.45, 7) is 1.38. The number of alkyl halides is 2. The fraction of sp³-hybridized carbons (Fsp3) is 0.500. The highest BCUT2D eigenvalue weighted by Gasteiger charge is 1.95. The molecule has 0 heterocycles. The smallest absolute Gasteiger partial charge is 0.257 e. The molecule has 0 radical (unpaired) electrons. The second-order valence-corrected chi connectivity index (χ2v) is 2.91. The van der Waals surface area contributed by atoms with Crippen LogP contribution in [0.4, 0.5) is 8.78 Å². The third-order valence-electron chi connectivity index (χ3n) is 0.653. The van der Waals surface area contributed by atoms with Gasteiger partial charge in [-0.1, -0.05) is 15.9 Å². The Hall–Kier alpha value is -0.250. The summed E-state index contributed by atoms with van der Waals surface area (Å²) in [5.41, 5.74) is 0. The van der Waals surface area contributed by atoms with Gasteiger partial charge in [0.05, 0.1) is 6.54 Å². The van der Waals surface area contributed by atoms with Crippen molar-refractivity contribution >= 4 is 22.1 Å². The molecule has 0 aromatic rings. The maximum absolute atomic E-state index is 11.4. The minimum atomic E-state index is -2.35. The van der Waals surface area contributed by atoms with Crippen LogP contribution in [0.25, 0.3) is 0 Å². The van der Waals surface area contributed by atoms with E-state index >= 15 is 0 Å². The van der Waals surface area contributed by atoms with Gasteiger partial charge in [-0.2, -0.15) is 0 Å². The van der Waals surface area contributed by atoms with E-state index in [-0.39, 0.29) is 0 Å². The Labute approximate surface area is 67.0 Å². The molecule has 1 nitrogen and oxygen atoms in total. The van der Waals surface area contributed by atoms with Crippen molar-refractivity contribution in [2.75, 3.05) is 6.54 Å². The quantitative estimate of drug-likeness (QED) is 0.637. The molecule has 0 aromatic carbocycles. The molecule has 0 aromatic heterocycles. The van der Waals surface area contributed by atoms with Gasteiger partial charge in [-0.05, 0) is 17.5 Å². The zero-order valence-electron chi connectivity index (χ0n) is 5.52. The summed E-state index contributed by atoms with van der Waals surface area (Å²) in [6.07, 6.45) is 0.624. The molecule has 0 aliphatic rings. The van der Waals surface area contributed by atoms with Crippen LogP contribution in [0.5, 0.6) is 0 Å². The molecule has 58 valence electrons. The van der Waals surface area contributed by atoms with Gasteiger partial charge in [0, 0.05) is 6.21 Å². The number of hydrogen-bond donors (Lipinski definition) is 0. The van der Waals surface area contributed by atoms with Crippen molar-refractivity contribution in [2.45, 2.75) is 13.3 Å². The van der Waals surface area contributed by atoms with Gasteiger partial charge in [-0.25, -0.2) is 8.78 Å². The van der Waals surface area contributed by atoms with Crippen molar-refractivity contribution in [1.29, 1.82) is 0 Å². The van der Waals surface area contributed by atoms with E-state index in [0.717, 1.165) is 4.48 Å². The van der Waals surface area contributed by atoms with E-state index < -0.39 is 13.0 Å². The van der Waals surface area contributed by atoms with Gasteiger partial charge in [-0.3, -0.25) is 4.99 Å². The predicted octanol–water partition coefficient (Wildman–Crippen LogP) is 2.62. The predicted molar refractivity (Wildman–Crippen MR) is 42.0 cm³/mol. The van der Waals surface area contributed by atoms with E-state index in [4.69, 9.17) is 0 Å². The van der Waals surface area contributed by atoms with E-state index in [1.165, 1.54) is 6.21 Å². The molecule has 0 spiro atoms. The molecule has 0 unspecified atom stereocenters. The summed E-state index contributed by atoms with van der Waals surface area (Å²) >= 11 is 3.12. The fourth-order valence-electron chi connectivity index (χ4n) is 0.296. The summed E-state index contributed by atoms with van der Waals surface area (Å²) in [5.74, 6) is 0. The molecular formula is C6H8BrF2N. The van der Waals surface area contributed by atoms with Crippen LogP contribution in [0.15, 0.2) is 15.6 Å². The lowest BCUT2D eigenvalue weighted by Gasteiger charge is -1.87. The molecule has 0 amide bonds. The summed E-state index contributed by atoms with van der Waals surface area (Å²) in [7, 11) is 0. The summed E-state index contributed by atoms with van der Waals surface area (Å²) < 4.78 is 23.7. The highest BCUT2D eigenvalue weighted by molar-refractivity contribution is 9.11. The summed E-state index contributed by atoms with van der Waals surface area (Å²) in [5, 5.41) is 0. The summed E-state index contributed by atoms with van der Waals surface area (Å²) in [6, 6.07) is 0. The van der Waals surface area contributed by atoms with E-state index in [0.29, 0.717) is 0 Å². The van der Waals surface area contributed by atoms with E-state index in [1.54, 1.807) is 13.0 Å². The molecule has 0 bridgehead atoms. The Kier molecular flexibility index (Phi) is 5.39. The minimum absolute atomic E-state index is 0.420. The fourth-order valence-corrected chi connectivity index (χ4v) is 0.414. The molecule has 0 aliphatic heterocycles. The highest BCUT2D eigenvalue weighted by atomic mass is 79.9. The zero-order chi connectivity index (χ0) is 7.98. The van der Waals surface area contributed by atoms with Crippen molar-refractivity contribution in [3.8, 4) is 0 Å². The first-order chi connectivity index (χ1) is 4.63. The molecular weight excluding hydrogens is 204 g/mol. The average Bonchev–Trinajstić information content (AvgIpc) is 1.79. The number of allylic oxidation sites excluding steroid dienone is 2. The van der Waals surface area contributed by atoms with E-state index in [2.05, 4.69) is 20.9 Å². The molecule has 0 rings (SSSR count). The van der Waals surface area contributed by atoms with Crippen LogP contribution in [0.2, 0.25) is 0 Å². The first kappa shape index (κ1) is 9.75. The van der Waals surface area contributed by atoms with Gasteiger partial charge in [-0.15, -0.1) is 0 Å². The standard InChI is InChI=1S/C6H8BrF2N/c1-5(7)2-3-10-4-6(8)9/h2-3,6H,4H2,1H3/b5-2+,10-3?. The van der Waals surface area contributed by atoms with Crippen LogP contribution in [0, 0.1) is 0 Å². The van der Waals surface area contributed by atoms with Crippen molar-refractivity contribution in [2.24, 2.45) is 4.99 Å². The Bertz CT molecular complexity index is 139. The maximum Gasteiger partial charge on any atom is 0.257 e. The van der Waals surface area contributed by atoms with Gasteiger partial charge < -0.3 is 0 Å². The topological polar surface area (TPSA) is 12.4 Å². The van der Waals surface area contributed by atoms with Gasteiger partial charge >= 0.3 is 0 Å². The molecule has 4 heteroatoms. The number of aliphatic imine (C=N–C) groups is 1. The summed E-state index contributed by atoms with van der Waals surface area (Å²) in [4.78, 5) is 3.43. The van der Waals surface area contributed by atoms with Gasteiger partial charge in [0.25, 0.3) is 6.43 Å². The lowest BCUT2D eigenvalue weighted by atomic mass is 10.5. The van der Waals surface area contributed by atoms with Crippen molar-refractivity contribution in [3.63, 3.8) is 0 Å². The first-order valence-corrected chi connectivity index (χ1v) is 3.52. The minimum Gasteiger partial charge on any atom is -0.287 e. The van der Waals surface area contributed by atoms with E-state index in [1.807, 2.05) is 0 Å². The van der Waals surface area contributed by atoms with Gasteiger partial charge in [0.2, 0.25) is 0 Å². The molecule has 10 heavy (non-hydrogen) atoms. The lowest BCUT2D eigenvalue weighted by molar-refractivity contribution is 0.159. The van der Waals surface area contributed by atoms with Gasteiger partial charge in [0.1, 0.15) is 0 Å². The number of rotatable bonds is 3. The average molecular weight is 212 g/mol. The highest BCUT2D eigenvalue weighted by Crippen LogP contribution is 1.99. The van der Waals surface area contributed by atoms with Crippen molar-refractivity contribution in [3.05, 3.63) is 10.6 Å². The lowest BCUT2D eigenvalue weighted by Crippen LogP contribution is -1.94. The Balaban J connectivity index is 3.48. The second-order valence-electron chi connectivity index (χ2n) is 1.66. The van der Waals surface area contributed by atoms with Crippen molar-refractivity contribution in [1.82, 2.24) is 0 Å². The van der Waals surface area contributed by atoms with Crippen LogP contribution < -0.4 is 0 Å². The normalized spacial score (nSPS) is 13.5. The first-order valence-electron chi connectivity index (χ1n) is 2.73. The maximum atomic E-state index is 11.4. The Morgan fingerprint density at radius 2 is 2.30 bits per heavy atom. The van der Waals surface area contributed by atoms with Crippen LogP contribution in [0.1, 0.15) is 6.92 Å². The second kappa shape index (κ2) is 5.53. The molecule has 0 atom stereocenters. The third kappa shape index (κ3) is 7.75. The van der Waals surface area contributed by atoms with Crippen LogP contribution >= 0.6 is 15.9 Å². The third-order valence-corrected chi connectivity index (χ3v) is 0.917. The van der Waals surface area contributed by atoms with Crippen LogP contribution in [-0.4, -0.2) is 19.2 Å². The molecule has 0 aliphatic carbocycles. The van der Waals surface area contributed by atoms with Gasteiger partial charge in [0.15, 0.2) is 0 Å². The SMILES string of the molecule is C/C(Br)=C\C=NCC(F)F.